The number of amides is 1. The zero-order valence-electron chi connectivity index (χ0n) is 14.2. The van der Waals surface area contributed by atoms with Gasteiger partial charge in [-0.1, -0.05) is 18.2 Å². The van der Waals surface area contributed by atoms with E-state index in [2.05, 4.69) is 4.74 Å². The summed E-state index contributed by atoms with van der Waals surface area (Å²) in [6, 6.07) is 12.1. The molecule has 2 aromatic rings. The van der Waals surface area contributed by atoms with E-state index in [1.54, 1.807) is 12.1 Å². The topological polar surface area (TPSA) is 56.6 Å². The lowest BCUT2D eigenvalue weighted by molar-refractivity contribution is -0.0502. The minimum Gasteiger partial charge on any atom is -0.434 e. The van der Waals surface area contributed by atoms with Gasteiger partial charge in [-0.25, -0.2) is 4.39 Å². The number of benzene rings is 2. The first-order valence-corrected chi connectivity index (χ1v) is 8.28. The zero-order valence-corrected chi connectivity index (χ0v) is 14.2. The first-order chi connectivity index (χ1) is 13.0. The Kier molecular flexibility index (Phi) is 5.50. The van der Waals surface area contributed by atoms with Crippen LogP contribution in [0.1, 0.15) is 15.9 Å². The Labute approximate surface area is 154 Å². The van der Waals surface area contributed by atoms with Gasteiger partial charge in [0.15, 0.2) is 0 Å². The minimum absolute atomic E-state index is 0.0343. The molecule has 0 spiro atoms. The van der Waals surface area contributed by atoms with E-state index in [-0.39, 0.29) is 16.9 Å². The quantitative estimate of drug-likeness (QED) is 0.823. The second-order valence-electron chi connectivity index (χ2n) is 5.90. The number of piperazine rings is 1. The Hall–Kier alpha value is -3.21. The van der Waals surface area contributed by atoms with Gasteiger partial charge in [-0.05, 0) is 24.3 Å². The van der Waals surface area contributed by atoms with E-state index >= 15 is 0 Å². The van der Waals surface area contributed by atoms with Crippen LogP contribution < -0.4 is 9.64 Å². The molecule has 5 nitrogen and oxygen atoms in total. The number of halogens is 3. The summed E-state index contributed by atoms with van der Waals surface area (Å²) >= 11 is 0. The number of nitriles is 1. The van der Waals surface area contributed by atoms with Gasteiger partial charge in [0.1, 0.15) is 23.2 Å². The number of carbonyl (C=O) groups excluding carboxylic acids is 1. The number of ether oxygens (including phenoxy) is 1. The van der Waals surface area contributed by atoms with Gasteiger partial charge in [0.2, 0.25) is 0 Å². The normalized spacial score (nSPS) is 14.2. The van der Waals surface area contributed by atoms with Crippen LogP contribution in [-0.4, -0.2) is 43.6 Å². The molecule has 1 fully saturated rings. The molecular weight excluding hydrogens is 359 g/mol. The molecule has 1 saturated heterocycles. The second kappa shape index (κ2) is 7.99. The third kappa shape index (κ3) is 3.97. The highest BCUT2D eigenvalue weighted by Gasteiger charge is 2.26. The van der Waals surface area contributed by atoms with Gasteiger partial charge in [-0.15, -0.1) is 0 Å². The Bertz CT molecular complexity index is 875. The first kappa shape index (κ1) is 18.6. The van der Waals surface area contributed by atoms with E-state index in [9.17, 15) is 18.0 Å². The lowest BCUT2D eigenvalue weighted by Crippen LogP contribution is -2.49. The molecule has 3 rings (SSSR count). The van der Waals surface area contributed by atoms with Crippen LogP contribution in [0, 0.1) is 17.1 Å². The molecule has 1 aliphatic rings. The number of hydrogen-bond acceptors (Lipinski definition) is 4. The Balaban J connectivity index is 1.73. The number of hydrogen-bond donors (Lipinski definition) is 0. The summed E-state index contributed by atoms with van der Waals surface area (Å²) in [4.78, 5) is 16.0. The molecule has 8 heteroatoms. The lowest BCUT2D eigenvalue weighted by atomic mass is 10.1. The molecule has 0 atom stereocenters. The largest absolute Gasteiger partial charge is 0.434 e. The van der Waals surface area contributed by atoms with Crippen molar-refractivity contribution in [3.63, 3.8) is 0 Å². The Morgan fingerprint density at radius 1 is 1.07 bits per heavy atom. The van der Waals surface area contributed by atoms with E-state index in [0.717, 1.165) is 0 Å². The van der Waals surface area contributed by atoms with E-state index < -0.39 is 18.3 Å². The summed E-state index contributed by atoms with van der Waals surface area (Å²) in [5.74, 6) is -1.17. The van der Waals surface area contributed by atoms with Crippen molar-refractivity contribution < 1.29 is 22.7 Å². The van der Waals surface area contributed by atoms with Crippen molar-refractivity contribution in [3.8, 4) is 11.8 Å². The second-order valence-corrected chi connectivity index (χ2v) is 5.90. The van der Waals surface area contributed by atoms with Gasteiger partial charge in [0, 0.05) is 26.2 Å². The van der Waals surface area contributed by atoms with Crippen molar-refractivity contribution in [2.75, 3.05) is 31.1 Å². The first-order valence-electron chi connectivity index (χ1n) is 8.28. The van der Waals surface area contributed by atoms with E-state index in [1.807, 2.05) is 11.0 Å². The predicted molar refractivity (Wildman–Crippen MR) is 92.3 cm³/mol. The van der Waals surface area contributed by atoms with Crippen LogP contribution >= 0.6 is 0 Å². The molecule has 0 radical (unpaired) electrons. The maximum atomic E-state index is 13.8. The van der Waals surface area contributed by atoms with Gasteiger partial charge in [-0.3, -0.25) is 4.79 Å². The van der Waals surface area contributed by atoms with E-state index in [1.165, 1.54) is 35.2 Å². The van der Waals surface area contributed by atoms with Crippen molar-refractivity contribution in [1.82, 2.24) is 4.90 Å². The Morgan fingerprint density at radius 2 is 1.78 bits per heavy atom. The SMILES string of the molecule is N#Cc1c(F)cccc1N1CCN(C(=O)c2ccccc2OC(F)F)CC1. The summed E-state index contributed by atoms with van der Waals surface area (Å²) in [5, 5.41) is 9.16. The average Bonchev–Trinajstić information content (AvgIpc) is 2.67. The van der Waals surface area contributed by atoms with Crippen LogP contribution in [-0.2, 0) is 0 Å². The fraction of sp³-hybridized carbons (Fsp3) is 0.263. The minimum atomic E-state index is -3.02. The van der Waals surface area contributed by atoms with Crippen molar-refractivity contribution in [1.29, 1.82) is 5.26 Å². The molecule has 1 heterocycles. The average molecular weight is 375 g/mol. The van der Waals surface area contributed by atoms with Crippen molar-refractivity contribution >= 4 is 11.6 Å². The van der Waals surface area contributed by atoms with Crippen LogP contribution in [0.3, 0.4) is 0 Å². The number of anilines is 1. The molecule has 0 saturated carbocycles. The van der Waals surface area contributed by atoms with Crippen molar-refractivity contribution in [2.45, 2.75) is 6.61 Å². The smallest absolute Gasteiger partial charge is 0.387 e. The highest BCUT2D eigenvalue weighted by Crippen LogP contribution is 2.26. The van der Waals surface area contributed by atoms with Crippen LogP contribution in [0.5, 0.6) is 5.75 Å². The van der Waals surface area contributed by atoms with Gasteiger partial charge < -0.3 is 14.5 Å². The van der Waals surface area contributed by atoms with Gasteiger partial charge in [0.05, 0.1) is 11.3 Å². The fourth-order valence-electron chi connectivity index (χ4n) is 3.05. The van der Waals surface area contributed by atoms with Gasteiger partial charge in [0.25, 0.3) is 5.91 Å². The number of rotatable bonds is 4. The molecule has 0 aromatic heterocycles. The van der Waals surface area contributed by atoms with Crippen LogP contribution in [0.2, 0.25) is 0 Å². The lowest BCUT2D eigenvalue weighted by Gasteiger charge is -2.36. The van der Waals surface area contributed by atoms with E-state index in [0.29, 0.717) is 31.9 Å². The third-order valence-electron chi connectivity index (χ3n) is 4.34. The fourth-order valence-corrected chi connectivity index (χ4v) is 3.05. The maximum Gasteiger partial charge on any atom is 0.387 e. The standard InChI is InChI=1S/C19H16F3N3O2/c20-15-5-3-6-16(14(15)12-23)24-8-10-25(11-9-24)18(26)13-4-1-2-7-17(13)27-19(21)22/h1-7,19H,8-11H2. The highest BCUT2D eigenvalue weighted by atomic mass is 19.3. The number of carbonyl (C=O) groups is 1. The van der Waals surface area contributed by atoms with E-state index in [4.69, 9.17) is 5.26 Å². The van der Waals surface area contributed by atoms with Crippen LogP contribution in [0.15, 0.2) is 42.5 Å². The van der Waals surface area contributed by atoms with Gasteiger partial charge in [-0.2, -0.15) is 14.0 Å². The molecule has 0 aliphatic carbocycles. The summed E-state index contributed by atoms with van der Waals surface area (Å²) in [6.45, 7) is -1.62. The molecule has 0 bridgehead atoms. The predicted octanol–water partition coefficient (Wildman–Crippen LogP) is 3.26. The molecule has 1 aliphatic heterocycles. The van der Waals surface area contributed by atoms with Crippen molar-refractivity contribution in [3.05, 3.63) is 59.4 Å². The molecular formula is C19H16F3N3O2. The third-order valence-corrected chi connectivity index (χ3v) is 4.34. The maximum absolute atomic E-state index is 13.8. The highest BCUT2D eigenvalue weighted by molar-refractivity contribution is 5.97. The number of para-hydroxylation sites is 1. The number of alkyl halides is 2. The molecule has 0 unspecified atom stereocenters. The Morgan fingerprint density at radius 3 is 2.44 bits per heavy atom. The molecule has 0 N–H and O–H groups in total. The summed E-state index contributed by atoms with van der Waals surface area (Å²) in [5.41, 5.74) is 0.508. The molecule has 140 valence electrons. The summed E-state index contributed by atoms with van der Waals surface area (Å²) in [7, 11) is 0. The molecule has 2 aromatic carbocycles. The molecule has 27 heavy (non-hydrogen) atoms. The molecule has 1 amide bonds. The van der Waals surface area contributed by atoms with Gasteiger partial charge >= 0.3 is 6.61 Å². The summed E-state index contributed by atoms with van der Waals surface area (Å²) < 4.78 is 43.3. The van der Waals surface area contributed by atoms with Crippen molar-refractivity contribution in [2.24, 2.45) is 0 Å². The summed E-state index contributed by atoms with van der Waals surface area (Å²) in [6.07, 6.45) is 0. The zero-order chi connectivity index (χ0) is 19.4. The number of nitrogens with zero attached hydrogens (tertiary/aromatic N) is 3. The van der Waals surface area contributed by atoms with Crippen LogP contribution in [0.25, 0.3) is 0 Å². The van der Waals surface area contributed by atoms with Crippen LogP contribution in [0.4, 0.5) is 18.9 Å². The monoisotopic (exact) mass is 375 g/mol.